The lowest BCUT2D eigenvalue weighted by Gasteiger charge is -2.29. The van der Waals surface area contributed by atoms with E-state index in [1.165, 1.54) is 18.4 Å². The van der Waals surface area contributed by atoms with Gasteiger partial charge in [-0.1, -0.05) is 17.3 Å². The molecule has 1 aromatic carbocycles. The summed E-state index contributed by atoms with van der Waals surface area (Å²) >= 11 is 0. The molecular weight excluding hydrogens is 318 g/mol. The minimum absolute atomic E-state index is 0.0469. The number of methoxy groups -OCH3 is 1. The van der Waals surface area contributed by atoms with Gasteiger partial charge in [0.1, 0.15) is 5.75 Å². The van der Waals surface area contributed by atoms with Gasteiger partial charge in [-0.2, -0.15) is 0 Å². The van der Waals surface area contributed by atoms with Crippen molar-refractivity contribution in [2.45, 2.75) is 44.3 Å². The second-order valence-corrected chi connectivity index (χ2v) is 6.89. The molecule has 1 N–H and O–H groups in total. The first-order chi connectivity index (χ1) is 12.2. The van der Waals surface area contributed by atoms with Crippen LogP contribution in [0.5, 0.6) is 5.75 Å². The average molecular weight is 341 g/mol. The summed E-state index contributed by atoms with van der Waals surface area (Å²) in [6.07, 6.45) is 3.40. The largest absolute Gasteiger partial charge is 0.497 e. The number of amides is 1. The quantitative estimate of drug-likeness (QED) is 0.906. The summed E-state index contributed by atoms with van der Waals surface area (Å²) in [5.41, 5.74) is 1.89. The Morgan fingerprint density at radius 2 is 2.16 bits per heavy atom. The summed E-state index contributed by atoms with van der Waals surface area (Å²) in [7, 11) is 1.68. The fourth-order valence-electron chi connectivity index (χ4n) is 3.74. The molecule has 1 saturated carbocycles. The van der Waals surface area contributed by atoms with E-state index in [9.17, 15) is 4.79 Å². The molecule has 1 amide bonds. The Bertz CT molecular complexity index is 769. The van der Waals surface area contributed by atoms with E-state index >= 15 is 0 Å². The molecule has 0 spiro atoms. The van der Waals surface area contributed by atoms with Crippen LogP contribution in [0.1, 0.15) is 47.1 Å². The summed E-state index contributed by atoms with van der Waals surface area (Å²) in [5.74, 6) is 0.916. The van der Waals surface area contributed by atoms with E-state index in [1.807, 2.05) is 19.1 Å². The van der Waals surface area contributed by atoms with Gasteiger partial charge in [0.15, 0.2) is 0 Å². The molecule has 0 radical (unpaired) electrons. The zero-order chi connectivity index (χ0) is 17.4. The summed E-state index contributed by atoms with van der Waals surface area (Å²) in [6.45, 7) is 2.80. The molecule has 2 aliphatic rings. The first kappa shape index (κ1) is 16.1. The Morgan fingerprint density at radius 1 is 1.32 bits per heavy atom. The molecule has 2 atom stereocenters. The second-order valence-electron chi connectivity index (χ2n) is 6.89. The highest BCUT2D eigenvalue weighted by Crippen LogP contribution is 2.41. The van der Waals surface area contributed by atoms with Crippen LogP contribution in [0.15, 0.2) is 34.9 Å². The number of nitrogens with zero attached hydrogens (tertiary/aromatic N) is 2. The summed E-state index contributed by atoms with van der Waals surface area (Å²) in [5, 5.41) is 6.95. The van der Waals surface area contributed by atoms with E-state index in [4.69, 9.17) is 9.26 Å². The molecule has 2 aromatic rings. The van der Waals surface area contributed by atoms with E-state index in [0.717, 1.165) is 18.7 Å². The van der Waals surface area contributed by atoms with Gasteiger partial charge in [-0.25, -0.2) is 0 Å². The van der Waals surface area contributed by atoms with E-state index in [0.29, 0.717) is 11.7 Å². The van der Waals surface area contributed by atoms with Gasteiger partial charge in [-0.3, -0.25) is 9.69 Å². The Labute approximate surface area is 147 Å². The molecule has 1 saturated heterocycles. The maximum atomic E-state index is 12.5. The number of carbonyl (C=O) groups excluding carboxylic acids is 1. The highest BCUT2D eigenvalue weighted by molar-refractivity contribution is 5.91. The van der Waals surface area contributed by atoms with Crippen molar-refractivity contribution in [1.82, 2.24) is 15.4 Å². The van der Waals surface area contributed by atoms with Crippen molar-refractivity contribution >= 4 is 5.91 Å². The van der Waals surface area contributed by atoms with Gasteiger partial charge in [-0.15, -0.1) is 0 Å². The molecule has 2 heterocycles. The SMILES string of the molecule is COc1cccc([C@@H]2[C@H](NC(=O)c3cc(C)no3)CCN2C2CC2)c1. The number of hydrogen-bond donors (Lipinski definition) is 1. The normalized spacial score (nSPS) is 23.6. The number of aryl methyl sites for hydroxylation is 1. The topological polar surface area (TPSA) is 67.6 Å². The Hall–Kier alpha value is -2.34. The van der Waals surface area contributed by atoms with Crippen molar-refractivity contribution in [2.24, 2.45) is 0 Å². The van der Waals surface area contributed by atoms with Crippen LogP contribution in [0.3, 0.4) is 0 Å². The second kappa shape index (κ2) is 6.52. The first-order valence-corrected chi connectivity index (χ1v) is 8.79. The van der Waals surface area contributed by atoms with E-state index in [2.05, 4.69) is 27.5 Å². The van der Waals surface area contributed by atoms with Crippen LogP contribution >= 0.6 is 0 Å². The fraction of sp³-hybridized carbons (Fsp3) is 0.474. The predicted molar refractivity (Wildman–Crippen MR) is 92.6 cm³/mol. The fourth-order valence-corrected chi connectivity index (χ4v) is 3.74. The Kier molecular flexibility index (Phi) is 4.21. The summed E-state index contributed by atoms with van der Waals surface area (Å²) < 4.78 is 10.5. The third kappa shape index (κ3) is 3.26. The zero-order valence-corrected chi connectivity index (χ0v) is 14.6. The molecular formula is C19H23N3O3. The predicted octanol–water partition coefficient (Wildman–Crippen LogP) is 2.70. The van der Waals surface area contributed by atoms with Crippen molar-refractivity contribution in [3.8, 4) is 5.75 Å². The lowest BCUT2D eigenvalue weighted by molar-refractivity contribution is 0.0886. The Balaban J connectivity index is 1.58. The number of carbonyl (C=O) groups is 1. The molecule has 0 bridgehead atoms. The van der Waals surface area contributed by atoms with Gasteiger partial charge >= 0.3 is 0 Å². The van der Waals surface area contributed by atoms with Gasteiger partial charge < -0.3 is 14.6 Å². The molecule has 4 rings (SSSR count). The molecule has 6 heteroatoms. The molecule has 1 aliphatic heterocycles. The lowest BCUT2D eigenvalue weighted by Crippen LogP contribution is -2.40. The van der Waals surface area contributed by atoms with E-state index in [1.54, 1.807) is 13.2 Å². The first-order valence-electron chi connectivity index (χ1n) is 8.79. The molecule has 2 fully saturated rings. The average Bonchev–Trinajstić information content (AvgIpc) is 3.24. The van der Waals surface area contributed by atoms with Crippen LogP contribution < -0.4 is 10.1 Å². The minimum Gasteiger partial charge on any atom is -0.497 e. The molecule has 25 heavy (non-hydrogen) atoms. The molecule has 0 unspecified atom stereocenters. The maximum absolute atomic E-state index is 12.5. The van der Waals surface area contributed by atoms with Crippen molar-refractivity contribution in [1.29, 1.82) is 0 Å². The zero-order valence-electron chi connectivity index (χ0n) is 14.6. The van der Waals surface area contributed by atoms with E-state index in [-0.39, 0.29) is 23.8 Å². The van der Waals surface area contributed by atoms with Gasteiger partial charge in [0.2, 0.25) is 5.76 Å². The van der Waals surface area contributed by atoms with Gasteiger partial charge in [0, 0.05) is 18.7 Å². The van der Waals surface area contributed by atoms with Crippen LogP contribution in [-0.4, -0.2) is 41.7 Å². The number of rotatable bonds is 5. The van der Waals surface area contributed by atoms with Crippen LogP contribution in [0.2, 0.25) is 0 Å². The van der Waals surface area contributed by atoms with E-state index < -0.39 is 0 Å². The highest BCUT2D eigenvalue weighted by Gasteiger charge is 2.43. The number of hydrogen-bond acceptors (Lipinski definition) is 5. The van der Waals surface area contributed by atoms with Crippen LogP contribution in [0.4, 0.5) is 0 Å². The Morgan fingerprint density at radius 3 is 2.84 bits per heavy atom. The number of aromatic nitrogens is 1. The number of likely N-dealkylation sites (tertiary alicyclic amines) is 1. The lowest BCUT2D eigenvalue weighted by atomic mass is 9.99. The molecule has 1 aromatic heterocycles. The van der Waals surface area contributed by atoms with Gasteiger partial charge in [0.05, 0.1) is 24.9 Å². The van der Waals surface area contributed by atoms with Crippen molar-refractivity contribution < 1.29 is 14.1 Å². The standard InChI is InChI=1S/C19H23N3O3/c1-12-10-17(25-21-12)19(23)20-16-8-9-22(14-6-7-14)18(16)13-4-3-5-15(11-13)24-2/h3-5,10-11,14,16,18H,6-9H2,1-2H3,(H,20,23)/t16-,18-/m1/s1. The molecule has 132 valence electrons. The third-order valence-corrected chi connectivity index (χ3v) is 5.06. The number of ether oxygens (including phenoxy) is 1. The number of nitrogens with one attached hydrogen (secondary N) is 1. The highest BCUT2D eigenvalue weighted by atomic mass is 16.5. The van der Waals surface area contributed by atoms with Crippen molar-refractivity contribution in [3.05, 3.63) is 47.3 Å². The van der Waals surface area contributed by atoms with Gasteiger partial charge in [-0.05, 0) is 43.9 Å². The third-order valence-electron chi connectivity index (χ3n) is 5.06. The van der Waals surface area contributed by atoms with Crippen molar-refractivity contribution in [3.63, 3.8) is 0 Å². The maximum Gasteiger partial charge on any atom is 0.290 e. The van der Waals surface area contributed by atoms with Crippen LogP contribution in [-0.2, 0) is 0 Å². The monoisotopic (exact) mass is 341 g/mol. The van der Waals surface area contributed by atoms with Crippen molar-refractivity contribution in [2.75, 3.05) is 13.7 Å². The van der Waals surface area contributed by atoms with Gasteiger partial charge in [0.25, 0.3) is 5.91 Å². The summed E-state index contributed by atoms with van der Waals surface area (Å²) in [4.78, 5) is 15.0. The van der Waals surface area contributed by atoms with Crippen LogP contribution in [0.25, 0.3) is 0 Å². The summed E-state index contributed by atoms with van der Waals surface area (Å²) in [6, 6.07) is 10.7. The minimum atomic E-state index is -0.198. The molecule has 1 aliphatic carbocycles. The molecule has 6 nitrogen and oxygen atoms in total. The number of benzene rings is 1. The van der Waals surface area contributed by atoms with Crippen LogP contribution in [0, 0.1) is 6.92 Å². The smallest absolute Gasteiger partial charge is 0.290 e.